The van der Waals surface area contributed by atoms with Gasteiger partial charge in [0.25, 0.3) is 0 Å². The first-order valence-corrected chi connectivity index (χ1v) is 7.12. The van der Waals surface area contributed by atoms with Gasteiger partial charge in [-0.25, -0.2) is 8.78 Å². The third kappa shape index (κ3) is 4.42. The van der Waals surface area contributed by atoms with E-state index < -0.39 is 11.6 Å². The lowest BCUT2D eigenvalue weighted by Crippen LogP contribution is -2.32. The summed E-state index contributed by atoms with van der Waals surface area (Å²) >= 11 is 0. The monoisotopic (exact) mass is 320 g/mol. The van der Waals surface area contributed by atoms with Crippen LogP contribution in [0.5, 0.6) is 5.75 Å². The maximum atomic E-state index is 13.5. The van der Waals surface area contributed by atoms with Gasteiger partial charge in [-0.3, -0.25) is 4.79 Å². The number of hydrogen-bond donors (Lipinski definition) is 2. The lowest BCUT2D eigenvalue weighted by Gasteiger charge is -2.17. The van der Waals surface area contributed by atoms with Crippen LogP contribution < -0.4 is 15.4 Å². The highest BCUT2D eigenvalue weighted by Gasteiger charge is 2.14. The molecule has 23 heavy (non-hydrogen) atoms. The van der Waals surface area contributed by atoms with Crippen LogP contribution in [0.1, 0.15) is 18.5 Å². The van der Waals surface area contributed by atoms with Gasteiger partial charge in [0.1, 0.15) is 17.4 Å². The molecule has 1 amide bonds. The van der Waals surface area contributed by atoms with E-state index in [0.29, 0.717) is 5.75 Å². The number of benzene rings is 2. The Bertz CT molecular complexity index is 692. The first-order chi connectivity index (χ1) is 11.0. The molecule has 4 nitrogen and oxygen atoms in total. The number of ether oxygens (including phenoxy) is 1. The minimum atomic E-state index is -0.614. The van der Waals surface area contributed by atoms with Crippen molar-refractivity contribution in [1.82, 2.24) is 5.32 Å². The van der Waals surface area contributed by atoms with E-state index in [2.05, 4.69) is 10.6 Å². The molecule has 0 aliphatic heterocycles. The average molecular weight is 320 g/mol. The van der Waals surface area contributed by atoms with E-state index in [4.69, 9.17) is 4.74 Å². The largest absolute Gasteiger partial charge is 0.496 e. The Morgan fingerprint density at radius 1 is 1.22 bits per heavy atom. The zero-order valence-electron chi connectivity index (χ0n) is 12.9. The molecule has 0 saturated heterocycles. The highest BCUT2D eigenvalue weighted by Crippen LogP contribution is 2.24. The molecule has 2 aromatic rings. The molecule has 0 radical (unpaired) electrons. The summed E-state index contributed by atoms with van der Waals surface area (Å²) < 4.78 is 31.8. The van der Waals surface area contributed by atoms with Crippen molar-refractivity contribution in [2.24, 2.45) is 0 Å². The maximum Gasteiger partial charge on any atom is 0.239 e. The fourth-order valence-corrected chi connectivity index (χ4v) is 2.20. The van der Waals surface area contributed by atoms with Crippen molar-refractivity contribution in [3.05, 3.63) is 59.7 Å². The smallest absolute Gasteiger partial charge is 0.239 e. The Morgan fingerprint density at radius 2 is 1.96 bits per heavy atom. The highest BCUT2D eigenvalue weighted by molar-refractivity contribution is 5.81. The molecule has 6 heteroatoms. The summed E-state index contributed by atoms with van der Waals surface area (Å²) in [5.74, 6) is -0.856. The van der Waals surface area contributed by atoms with Crippen LogP contribution in [-0.4, -0.2) is 19.6 Å². The number of rotatable bonds is 6. The van der Waals surface area contributed by atoms with Crippen LogP contribution in [0.15, 0.2) is 42.5 Å². The van der Waals surface area contributed by atoms with Gasteiger partial charge in [0.15, 0.2) is 0 Å². The quantitative estimate of drug-likeness (QED) is 0.859. The molecule has 0 fully saturated rings. The van der Waals surface area contributed by atoms with Gasteiger partial charge >= 0.3 is 0 Å². The van der Waals surface area contributed by atoms with E-state index >= 15 is 0 Å². The fraction of sp³-hybridized carbons (Fsp3) is 0.235. The fourth-order valence-electron chi connectivity index (χ4n) is 2.20. The van der Waals surface area contributed by atoms with Crippen LogP contribution in [-0.2, 0) is 4.79 Å². The second-order valence-corrected chi connectivity index (χ2v) is 5.01. The van der Waals surface area contributed by atoms with Crippen molar-refractivity contribution < 1.29 is 18.3 Å². The van der Waals surface area contributed by atoms with E-state index in [1.807, 2.05) is 25.1 Å². The van der Waals surface area contributed by atoms with E-state index in [9.17, 15) is 13.6 Å². The Hall–Kier alpha value is -2.63. The van der Waals surface area contributed by atoms with Crippen LogP contribution >= 0.6 is 0 Å². The van der Waals surface area contributed by atoms with Gasteiger partial charge in [-0.05, 0) is 31.2 Å². The molecule has 2 rings (SSSR count). The molecule has 0 spiro atoms. The first kappa shape index (κ1) is 16.7. The first-order valence-electron chi connectivity index (χ1n) is 7.12. The van der Waals surface area contributed by atoms with Gasteiger partial charge < -0.3 is 15.4 Å². The van der Waals surface area contributed by atoms with Crippen molar-refractivity contribution in [1.29, 1.82) is 0 Å². The minimum absolute atomic E-state index is 0.0508. The molecule has 1 unspecified atom stereocenters. The van der Waals surface area contributed by atoms with Gasteiger partial charge in [-0.15, -0.1) is 0 Å². The number of hydrogen-bond acceptors (Lipinski definition) is 3. The third-order valence-corrected chi connectivity index (χ3v) is 3.35. The predicted octanol–water partition coefficient (Wildman–Crippen LogP) is 3.26. The summed E-state index contributed by atoms with van der Waals surface area (Å²) in [7, 11) is 1.56. The van der Waals surface area contributed by atoms with Gasteiger partial charge in [-0.2, -0.15) is 0 Å². The molecule has 0 aliphatic rings. The molecule has 2 aromatic carbocycles. The van der Waals surface area contributed by atoms with Crippen molar-refractivity contribution in [2.45, 2.75) is 13.0 Å². The standard InChI is InChI=1S/C17H18F2N2O2/c1-11(13-5-3-4-6-16(13)23-2)21-17(22)10-20-15-9-12(18)7-8-14(15)19/h3-9,11,20H,10H2,1-2H3,(H,21,22). The highest BCUT2D eigenvalue weighted by atomic mass is 19.1. The topological polar surface area (TPSA) is 50.4 Å². The number of halogens is 2. The molecule has 0 heterocycles. The minimum Gasteiger partial charge on any atom is -0.496 e. The van der Waals surface area contributed by atoms with E-state index in [0.717, 1.165) is 23.8 Å². The molecule has 0 aromatic heterocycles. The van der Waals surface area contributed by atoms with Gasteiger partial charge in [0, 0.05) is 5.56 Å². The third-order valence-electron chi connectivity index (χ3n) is 3.35. The summed E-state index contributed by atoms with van der Waals surface area (Å²) in [6, 6.07) is 10.1. The molecule has 0 bridgehead atoms. The lowest BCUT2D eigenvalue weighted by molar-refractivity contribution is -0.120. The molecule has 1 atom stereocenters. The second-order valence-electron chi connectivity index (χ2n) is 5.01. The molecule has 0 aliphatic carbocycles. The normalized spacial score (nSPS) is 11.7. The van der Waals surface area contributed by atoms with Crippen LogP contribution in [0.25, 0.3) is 0 Å². The summed E-state index contributed by atoms with van der Waals surface area (Å²) in [6.45, 7) is 1.65. The number of nitrogens with one attached hydrogen (secondary N) is 2. The van der Waals surface area contributed by atoms with Crippen LogP contribution in [0.3, 0.4) is 0 Å². The number of para-hydroxylation sites is 1. The summed E-state index contributed by atoms with van der Waals surface area (Å²) in [5, 5.41) is 5.36. The van der Waals surface area contributed by atoms with E-state index in [-0.39, 0.29) is 24.2 Å². The second kappa shape index (κ2) is 7.58. The van der Waals surface area contributed by atoms with Crippen molar-refractivity contribution in [3.63, 3.8) is 0 Å². The zero-order valence-corrected chi connectivity index (χ0v) is 12.9. The molecular weight excluding hydrogens is 302 g/mol. The summed E-state index contributed by atoms with van der Waals surface area (Å²) in [6.07, 6.45) is 0. The van der Waals surface area contributed by atoms with Crippen LogP contribution in [0.4, 0.5) is 14.5 Å². The molecule has 0 saturated carbocycles. The average Bonchev–Trinajstić information content (AvgIpc) is 2.55. The zero-order chi connectivity index (χ0) is 16.8. The maximum absolute atomic E-state index is 13.5. The number of carbonyl (C=O) groups is 1. The Labute approximate surface area is 133 Å². The number of carbonyl (C=O) groups excluding carboxylic acids is 1. The van der Waals surface area contributed by atoms with Crippen LogP contribution in [0, 0.1) is 11.6 Å². The molecule has 122 valence electrons. The Balaban J connectivity index is 1.95. The van der Waals surface area contributed by atoms with Gasteiger partial charge in [0.05, 0.1) is 25.4 Å². The Kier molecular flexibility index (Phi) is 5.51. The Morgan fingerprint density at radius 3 is 2.70 bits per heavy atom. The van der Waals surface area contributed by atoms with E-state index in [1.54, 1.807) is 13.2 Å². The summed E-state index contributed by atoms with van der Waals surface area (Å²) in [5.41, 5.74) is 0.783. The lowest BCUT2D eigenvalue weighted by atomic mass is 10.1. The number of amides is 1. The predicted molar refractivity (Wildman–Crippen MR) is 84.4 cm³/mol. The number of anilines is 1. The summed E-state index contributed by atoms with van der Waals surface area (Å²) in [4.78, 5) is 12.0. The van der Waals surface area contributed by atoms with Crippen LogP contribution in [0.2, 0.25) is 0 Å². The van der Waals surface area contributed by atoms with Gasteiger partial charge in [-0.1, -0.05) is 18.2 Å². The molecule has 2 N–H and O–H groups in total. The molecular formula is C17H18F2N2O2. The number of methoxy groups -OCH3 is 1. The van der Waals surface area contributed by atoms with E-state index in [1.165, 1.54) is 0 Å². The SMILES string of the molecule is COc1ccccc1C(C)NC(=O)CNc1cc(F)ccc1F. The van der Waals surface area contributed by atoms with Crippen molar-refractivity contribution in [2.75, 3.05) is 19.0 Å². The van der Waals surface area contributed by atoms with Gasteiger partial charge in [0.2, 0.25) is 5.91 Å². The van der Waals surface area contributed by atoms with Crippen molar-refractivity contribution >= 4 is 11.6 Å². The van der Waals surface area contributed by atoms with Crippen molar-refractivity contribution in [3.8, 4) is 5.75 Å².